The molecule has 0 radical (unpaired) electrons. The Labute approximate surface area is 154 Å². The Morgan fingerprint density at radius 2 is 1.77 bits per heavy atom. The van der Waals surface area contributed by atoms with Gasteiger partial charge in [-0.15, -0.1) is 0 Å². The summed E-state index contributed by atoms with van der Waals surface area (Å²) in [7, 11) is -1.31. The Kier molecular flexibility index (Phi) is 4.86. The van der Waals surface area contributed by atoms with Gasteiger partial charge in [0.2, 0.25) is 10.0 Å². The third-order valence-electron chi connectivity index (χ3n) is 5.43. The SMILES string of the molecule is Cn1nc2c(c1-c1ccccc1)CCN(S(=O)(=O)C1CCOCC1)CC2. The predicted molar refractivity (Wildman–Crippen MR) is 100 cm³/mol. The minimum absolute atomic E-state index is 0.304. The maximum atomic E-state index is 13.0. The lowest BCUT2D eigenvalue weighted by molar-refractivity contribution is 0.0972. The third kappa shape index (κ3) is 3.19. The van der Waals surface area contributed by atoms with E-state index in [0.29, 0.717) is 52.0 Å². The summed E-state index contributed by atoms with van der Waals surface area (Å²) >= 11 is 0. The molecule has 0 saturated carbocycles. The van der Waals surface area contributed by atoms with Gasteiger partial charge in [0, 0.05) is 50.9 Å². The minimum Gasteiger partial charge on any atom is -0.381 e. The average molecular weight is 375 g/mol. The number of hydrogen-bond donors (Lipinski definition) is 0. The van der Waals surface area contributed by atoms with Gasteiger partial charge in [0.1, 0.15) is 0 Å². The van der Waals surface area contributed by atoms with Crippen molar-refractivity contribution in [1.82, 2.24) is 14.1 Å². The predicted octanol–water partition coefficient (Wildman–Crippen LogP) is 2.00. The minimum atomic E-state index is -3.27. The van der Waals surface area contributed by atoms with Crippen LogP contribution in [-0.2, 0) is 34.6 Å². The van der Waals surface area contributed by atoms with Crippen LogP contribution in [0.4, 0.5) is 0 Å². The number of rotatable bonds is 3. The first-order valence-electron chi connectivity index (χ1n) is 9.24. The van der Waals surface area contributed by atoms with E-state index in [9.17, 15) is 8.42 Å². The fourth-order valence-electron chi connectivity index (χ4n) is 4.06. The van der Waals surface area contributed by atoms with Crippen LogP contribution >= 0.6 is 0 Å². The molecular formula is C19H25N3O3S. The normalized spacial score (nSPS) is 19.9. The van der Waals surface area contributed by atoms with E-state index < -0.39 is 10.0 Å². The van der Waals surface area contributed by atoms with Crippen LogP contribution in [0.3, 0.4) is 0 Å². The zero-order valence-corrected chi connectivity index (χ0v) is 15.9. The Hall–Kier alpha value is -1.70. The van der Waals surface area contributed by atoms with Gasteiger partial charge in [0.15, 0.2) is 0 Å². The molecule has 2 aliphatic rings. The van der Waals surface area contributed by atoms with Crippen molar-refractivity contribution in [3.05, 3.63) is 41.6 Å². The summed E-state index contributed by atoms with van der Waals surface area (Å²) in [5.74, 6) is 0. The molecule has 0 N–H and O–H groups in total. The maximum Gasteiger partial charge on any atom is 0.217 e. The molecule has 0 unspecified atom stereocenters. The van der Waals surface area contributed by atoms with Crippen LogP contribution in [0.5, 0.6) is 0 Å². The molecule has 6 nitrogen and oxygen atoms in total. The fraction of sp³-hybridized carbons (Fsp3) is 0.526. The molecule has 0 amide bonds. The van der Waals surface area contributed by atoms with Crippen LogP contribution < -0.4 is 0 Å². The standard InChI is InChI=1S/C19H25N3O3S/c1-21-19(15-5-3-2-4-6-15)17-7-11-22(12-8-18(17)20-21)26(23,24)16-9-13-25-14-10-16/h2-6,16H,7-14H2,1H3. The molecule has 1 fully saturated rings. The van der Waals surface area contributed by atoms with Gasteiger partial charge in [0.05, 0.1) is 16.6 Å². The Morgan fingerprint density at radius 1 is 1.08 bits per heavy atom. The molecule has 1 aromatic carbocycles. The second-order valence-electron chi connectivity index (χ2n) is 7.02. The lowest BCUT2D eigenvalue weighted by Crippen LogP contribution is -2.42. The first-order chi connectivity index (χ1) is 12.6. The van der Waals surface area contributed by atoms with Gasteiger partial charge < -0.3 is 4.74 Å². The lowest BCUT2D eigenvalue weighted by Gasteiger charge is -2.28. The summed E-state index contributed by atoms with van der Waals surface area (Å²) in [6, 6.07) is 10.2. The summed E-state index contributed by atoms with van der Waals surface area (Å²) < 4.78 is 35.0. The molecule has 0 bridgehead atoms. The van der Waals surface area contributed by atoms with Gasteiger partial charge in [-0.05, 0) is 19.3 Å². The number of sulfonamides is 1. The van der Waals surface area contributed by atoms with E-state index in [-0.39, 0.29) is 5.25 Å². The molecule has 0 spiro atoms. The highest BCUT2D eigenvalue weighted by atomic mass is 32.2. The third-order valence-corrected chi connectivity index (χ3v) is 7.83. The Morgan fingerprint density at radius 3 is 2.50 bits per heavy atom. The molecule has 2 aromatic rings. The Bertz CT molecular complexity index is 871. The van der Waals surface area contributed by atoms with Gasteiger partial charge in [-0.1, -0.05) is 30.3 Å². The molecule has 2 aliphatic heterocycles. The van der Waals surface area contributed by atoms with Crippen LogP contribution in [0.2, 0.25) is 0 Å². The number of nitrogens with zero attached hydrogens (tertiary/aromatic N) is 3. The highest BCUT2D eigenvalue weighted by Crippen LogP contribution is 2.30. The van der Waals surface area contributed by atoms with Gasteiger partial charge in [0.25, 0.3) is 0 Å². The first kappa shape index (κ1) is 17.7. The highest BCUT2D eigenvalue weighted by molar-refractivity contribution is 7.89. The zero-order valence-electron chi connectivity index (χ0n) is 15.1. The summed E-state index contributed by atoms with van der Waals surface area (Å²) in [4.78, 5) is 0. The fourth-order valence-corrected chi connectivity index (χ4v) is 5.96. The van der Waals surface area contributed by atoms with E-state index >= 15 is 0 Å². The van der Waals surface area contributed by atoms with Crippen molar-refractivity contribution >= 4 is 10.0 Å². The van der Waals surface area contributed by atoms with Crippen molar-refractivity contribution in [2.75, 3.05) is 26.3 Å². The van der Waals surface area contributed by atoms with Gasteiger partial charge >= 0.3 is 0 Å². The second kappa shape index (κ2) is 7.13. The molecule has 3 heterocycles. The van der Waals surface area contributed by atoms with Crippen LogP contribution in [0.1, 0.15) is 24.1 Å². The van der Waals surface area contributed by atoms with Gasteiger partial charge in [-0.3, -0.25) is 4.68 Å². The largest absolute Gasteiger partial charge is 0.381 e. The number of benzene rings is 1. The van der Waals surface area contributed by atoms with Crippen molar-refractivity contribution in [2.24, 2.45) is 7.05 Å². The topological polar surface area (TPSA) is 64.4 Å². The van der Waals surface area contributed by atoms with Crippen molar-refractivity contribution in [3.63, 3.8) is 0 Å². The molecule has 0 aliphatic carbocycles. The number of fused-ring (bicyclic) bond motifs is 1. The van der Waals surface area contributed by atoms with E-state index in [0.717, 1.165) is 17.0 Å². The van der Waals surface area contributed by atoms with Crippen molar-refractivity contribution < 1.29 is 13.2 Å². The van der Waals surface area contributed by atoms with Crippen molar-refractivity contribution in [2.45, 2.75) is 30.9 Å². The number of aromatic nitrogens is 2. The second-order valence-corrected chi connectivity index (χ2v) is 9.23. The number of hydrogen-bond acceptors (Lipinski definition) is 4. The molecule has 1 saturated heterocycles. The quantitative estimate of drug-likeness (QED) is 0.823. The van der Waals surface area contributed by atoms with E-state index in [1.165, 1.54) is 5.56 Å². The molecule has 1 aromatic heterocycles. The summed E-state index contributed by atoms with van der Waals surface area (Å²) in [6.45, 7) is 2.12. The number of aryl methyl sites for hydroxylation is 1. The monoisotopic (exact) mass is 375 g/mol. The van der Waals surface area contributed by atoms with Gasteiger partial charge in [-0.2, -0.15) is 5.10 Å². The molecule has 0 atom stereocenters. The Balaban J connectivity index is 1.59. The van der Waals surface area contributed by atoms with E-state index in [1.54, 1.807) is 4.31 Å². The molecule has 7 heteroatoms. The molecular weight excluding hydrogens is 350 g/mol. The molecule has 26 heavy (non-hydrogen) atoms. The molecule has 140 valence electrons. The zero-order chi connectivity index (χ0) is 18.1. The van der Waals surface area contributed by atoms with Crippen molar-refractivity contribution in [1.29, 1.82) is 0 Å². The smallest absolute Gasteiger partial charge is 0.217 e. The first-order valence-corrected chi connectivity index (χ1v) is 10.7. The number of ether oxygens (including phenoxy) is 1. The van der Waals surface area contributed by atoms with Crippen LogP contribution in [0.25, 0.3) is 11.3 Å². The van der Waals surface area contributed by atoms with Gasteiger partial charge in [-0.25, -0.2) is 12.7 Å². The summed E-state index contributed by atoms with van der Waals surface area (Å²) in [5.41, 5.74) is 4.44. The van der Waals surface area contributed by atoms with Crippen molar-refractivity contribution in [3.8, 4) is 11.3 Å². The average Bonchev–Trinajstić information content (AvgIpc) is 2.83. The van der Waals surface area contributed by atoms with Crippen LogP contribution in [0.15, 0.2) is 30.3 Å². The summed E-state index contributed by atoms with van der Waals surface area (Å²) in [6.07, 6.45) is 2.56. The van der Waals surface area contributed by atoms with E-state index in [1.807, 2.05) is 29.9 Å². The molecule has 4 rings (SSSR count). The van der Waals surface area contributed by atoms with E-state index in [4.69, 9.17) is 9.84 Å². The highest BCUT2D eigenvalue weighted by Gasteiger charge is 2.35. The van der Waals surface area contributed by atoms with Crippen LogP contribution in [-0.4, -0.2) is 54.1 Å². The van der Waals surface area contributed by atoms with E-state index in [2.05, 4.69) is 12.1 Å². The summed E-state index contributed by atoms with van der Waals surface area (Å²) in [5, 5.41) is 4.39. The maximum absolute atomic E-state index is 13.0. The van der Waals surface area contributed by atoms with Crippen LogP contribution in [0, 0.1) is 0 Å². The lowest BCUT2D eigenvalue weighted by atomic mass is 10.0.